The molecule has 6 heteroatoms. The van der Waals surface area contributed by atoms with E-state index in [1.807, 2.05) is 4.90 Å². The molecule has 0 bridgehead atoms. The van der Waals surface area contributed by atoms with Gasteiger partial charge >= 0.3 is 0 Å². The lowest BCUT2D eigenvalue weighted by Gasteiger charge is -2.45. The maximum atomic E-state index is 11.9. The number of quaternary nitrogens is 1. The van der Waals surface area contributed by atoms with E-state index < -0.39 is 0 Å². The summed E-state index contributed by atoms with van der Waals surface area (Å²) >= 11 is 6.20. The van der Waals surface area contributed by atoms with Crippen molar-refractivity contribution >= 4 is 17.7 Å². The second kappa shape index (κ2) is 5.95. The molecule has 2 heterocycles. The summed E-state index contributed by atoms with van der Waals surface area (Å²) in [5.41, 5.74) is 1.22. The number of carbonyl (C=O) groups is 1. The largest absolute Gasteiger partial charge is 1.00 e. The SMILES string of the molecule is CC1CCC(=C[NH+](C)C)C2N(Cl)C=CC(=O)N12.[Cl-]. The van der Waals surface area contributed by atoms with Gasteiger partial charge in [-0.3, -0.25) is 9.21 Å². The molecule has 0 aromatic rings. The van der Waals surface area contributed by atoms with Crippen LogP contribution in [0.15, 0.2) is 24.0 Å². The Morgan fingerprint density at radius 2 is 2.17 bits per heavy atom. The van der Waals surface area contributed by atoms with Gasteiger partial charge in [-0.2, -0.15) is 0 Å². The molecule has 1 fully saturated rings. The zero-order valence-corrected chi connectivity index (χ0v) is 12.4. The molecule has 2 rings (SSSR count). The van der Waals surface area contributed by atoms with E-state index in [0.29, 0.717) is 0 Å². The van der Waals surface area contributed by atoms with E-state index in [9.17, 15) is 4.79 Å². The number of hydrogen-bond donors (Lipinski definition) is 1. The van der Waals surface area contributed by atoms with Crippen LogP contribution >= 0.6 is 11.8 Å². The quantitative estimate of drug-likeness (QED) is 0.534. The molecule has 0 aromatic heterocycles. The summed E-state index contributed by atoms with van der Waals surface area (Å²) in [7, 11) is 4.13. The predicted octanol–water partition coefficient (Wildman–Crippen LogP) is -2.66. The average Bonchev–Trinajstić information content (AvgIpc) is 2.25. The van der Waals surface area contributed by atoms with Gasteiger partial charge in [0.05, 0.1) is 20.3 Å². The Morgan fingerprint density at radius 3 is 2.78 bits per heavy atom. The smallest absolute Gasteiger partial charge is 0.250 e. The molecule has 1 amide bonds. The van der Waals surface area contributed by atoms with Gasteiger partial charge < -0.3 is 22.2 Å². The van der Waals surface area contributed by atoms with Crippen LogP contribution in [-0.4, -0.2) is 41.5 Å². The van der Waals surface area contributed by atoms with Crippen LogP contribution < -0.4 is 17.3 Å². The van der Waals surface area contributed by atoms with E-state index in [-0.39, 0.29) is 30.5 Å². The second-order valence-corrected chi connectivity index (χ2v) is 5.35. The molecule has 0 saturated carbocycles. The molecule has 2 aliphatic heterocycles. The molecule has 1 N–H and O–H groups in total. The van der Waals surface area contributed by atoms with Crippen molar-refractivity contribution in [1.82, 2.24) is 9.32 Å². The Bertz CT molecular complexity index is 382. The highest BCUT2D eigenvalue weighted by Crippen LogP contribution is 2.32. The highest BCUT2D eigenvalue weighted by Gasteiger charge is 2.39. The highest BCUT2D eigenvalue weighted by atomic mass is 35.5. The van der Waals surface area contributed by atoms with Crippen molar-refractivity contribution in [3.05, 3.63) is 24.0 Å². The molecular formula is C12H19Cl2N3O. The van der Waals surface area contributed by atoms with Crippen LogP contribution in [0.2, 0.25) is 0 Å². The number of hydrogen-bond acceptors (Lipinski definition) is 2. The van der Waals surface area contributed by atoms with Crippen molar-refractivity contribution in [2.45, 2.75) is 32.0 Å². The minimum atomic E-state index is -0.118. The topological polar surface area (TPSA) is 28.0 Å². The summed E-state index contributed by atoms with van der Waals surface area (Å²) in [6.45, 7) is 2.08. The zero-order valence-electron chi connectivity index (χ0n) is 10.9. The van der Waals surface area contributed by atoms with Crippen LogP contribution in [0.1, 0.15) is 19.8 Å². The van der Waals surface area contributed by atoms with Gasteiger partial charge in [0.2, 0.25) is 5.91 Å². The Hall–Kier alpha value is -0.710. The number of rotatable bonds is 1. The van der Waals surface area contributed by atoms with Crippen LogP contribution in [0.3, 0.4) is 0 Å². The van der Waals surface area contributed by atoms with Crippen LogP contribution in [0.4, 0.5) is 0 Å². The van der Waals surface area contributed by atoms with Gasteiger partial charge in [0, 0.05) is 35.7 Å². The van der Waals surface area contributed by atoms with E-state index in [1.165, 1.54) is 16.5 Å². The molecule has 0 aliphatic carbocycles. The minimum absolute atomic E-state index is 0. The normalized spacial score (nSPS) is 29.6. The van der Waals surface area contributed by atoms with Gasteiger partial charge in [0.1, 0.15) is 6.17 Å². The maximum absolute atomic E-state index is 11.9. The summed E-state index contributed by atoms with van der Waals surface area (Å²) in [5.74, 6) is 0.0544. The molecule has 0 aromatic carbocycles. The third-order valence-electron chi connectivity index (χ3n) is 3.24. The molecule has 102 valence electrons. The number of carbonyl (C=O) groups excluding carboxylic acids is 1. The monoisotopic (exact) mass is 291 g/mol. The molecule has 4 nitrogen and oxygen atoms in total. The van der Waals surface area contributed by atoms with Crippen LogP contribution in [0.25, 0.3) is 0 Å². The van der Waals surface area contributed by atoms with Gasteiger partial charge in [0.25, 0.3) is 0 Å². The summed E-state index contributed by atoms with van der Waals surface area (Å²) in [6, 6.07) is 0.244. The number of fused-ring (bicyclic) bond motifs is 1. The van der Waals surface area contributed by atoms with E-state index in [2.05, 4.69) is 27.2 Å². The fraction of sp³-hybridized carbons (Fsp3) is 0.583. The lowest BCUT2D eigenvalue weighted by atomic mass is 9.95. The van der Waals surface area contributed by atoms with E-state index in [1.54, 1.807) is 10.6 Å². The van der Waals surface area contributed by atoms with E-state index in [4.69, 9.17) is 11.8 Å². The van der Waals surface area contributed by atoms with Gasteiger partial charge in [-0.25, -0.2) is 0 Å². The van der Waals surface area contributed by atoms with Crippen molar-refractivity contribution in [1.29, 1.82) is 0 Å². The van der Waals surface area contributed by atoms with Gasteiger partial charge in [0.15, 0.2) is 0 Å². The fourth-order valence-electron chi connectivity index (χ4n) is 2.50. The Labute approximate surface area is 119 Å². The molecule has 0 spiro atoms. The molecule has 2 aliphatic rings. The predicted molar refractivity (Wildman–Crippen MR) is 67.1 cm³/mol. The molecule has 0 radical (unpaired) electrons. The summed E-state index contributed by atoms with van der Waals surface area (Å²) in [6.07, 6.45) is 7.21. The van der Waals surface area contributed by atoms with Crippen molar-refractivity contribution in [3.8, 4) is 0 Å². The maximum Gasteiger partial charge on any atom is 0.250 e. The highest BCUT2D eigenvalue weighted by molar-refractivity contribution is 6.15. The Morgan fingerprint density at radius 1 is 1.50 bits per heavy atom. The third-order valence-corrected chi connectivity index (χ3v) is 3.54. The molecule has 18 heavy (non-hydrogen) atoms. The molecular weight excluding hydrogens is 273 g/mol. The van der Waals surface area contributed by atoms with E-state index >= 15 is 0 Å². The molecule has 2 atom stereocenters. The van der Waals surface area contributed by atoms with Gasteiger partial charge in [-0.15, -0.1) is 0 Å². The Balaban J connectivity index is 0.00000162. The second-order valence-electron chi connectivity index (χ2n) is 4.96. The van der Waals surface area contributed by atoms with Crippen molar-refractivity contribution < 1.29 is 22.1 Å². The number of halogens is 2. The van der Waals surface area contributed by atoms with Crippen molar-refractivity contribution in [2.75, 3.05) is 14.1 Å². The zero-order chi connectivity index (χ0) is 12.6. The number of piperidine rings is 1. The summed E-state index contributed by atoms with van der Waals surface area (Å²) in [5, 5.41) is 0. The first-order chi connectivity index (χ1) is 8.00. The van der Waals surface area contributed by atoms with Crippen molar-refractivity contribution in [2.24, 2.45) is 0 Å². The summed E-state index contributed by atoms with van der Waals surface area (Å²) in [4.78, 5) is 15.0. The Kier molecular flexibility index (Phi) is 5.08. The fourth-order valence-corrected chi connectivity index (χ4v) is 2.77. The first-order valence-electron chi connectivity index (χ1n) is 5.96. The first-order valence-corrected chi connectivity index (χ1v) is 6.29. The molecule has 1 saturated heterocycles. The van der Waals surface area contributed by atoms with E-state index in [0.717, 1.165) is 12.8 Å². The lowest BCUT2D eigenvalue weighted by Crippen LogP contribution is -3.00. The molecule has 2 unspecified atom stereocenters. The summed E-state index contributed by atoms with van der Waals surface area (Å²) < 4.78 is 1.60. The van der Waals surface area contributed by atoms with Crippen LogP contribution in [-0.2, 0) is 4.79 Å². The lowest BCUT2D eigenvalue weighted by molar-refractivity contribution is -0.802. The van der Waals surface area contributed by atoms with Gasteiger partial charge in [-0.1, -0.05) is 0 Å². The standard InChI is InChI=1S/C12H18ClN3O.ClH/c1-9-4-5-10(8-14(2)3)12-15(13)7-6-11(17)16(9)12;/h6-9,12H,4-5H2,1-3H3;1H. The number of nitrogens with zero attached hydrogens (tertiary/aromatic N) is 2. The van der Waals surface area contributed by atoms with Crippen LogP contribution in [0, 0.1) is 0 Å². The minimum Gasteiger partial charge on any atom is -1.00 e. The number of nitrogens with one attached hydrogen (secondary N) is 1. The van der Waals surface area contributed by atoms with Gasteiger partial charge in [-0.05, 0) is 19.8 Å². The number of amides is 1. The third kappa shape index (κ3) is 2.82. The van der Waals surface area contributed by atoms with Crippen molar-refractivity contribution in [3.63, 3.8) is 0 Å². The average molecular weight is 292 g/mol. The first kappa shape index (κ1) is 15.3. The van der Waals surface area contributed by atoms with Crippen LogP contribution in [0.5, 0.6) is 0 Å².